The largest absolute Gasteiger partial charge is 0.493 e. The molecule has 1 heterocycles. The molecular formula is C26H41NO5Si. The highest BCUT2D eigenvalue weighted by Gasteiger charge is 2.46. The average molecular weight is 476 g/mol. The third-order valence-corrected chi connectivity index (χ3v) is 10.7. The van der Waals surface area contributed by atoms with Crippen molar-refractivity contribution < 1.29 is 23.4 Å². The van der Waals surface area contributed by atoms with Gasteiger partial charge in [0.1, 0.15) is 5.60 Å². The Kier molecular flexibility index (Phi) is 9.32. The Bertz CT molecular complexity index is 872. The molecule has 0 amide bonds. The van der Waals surface area contributed by atoms with Gasteiger partial charge in [-0.1, -0.05) is 40.7 Å². The number of carbonyl (C=O) groups excluding carboxylic acids is 1. The first kappa shape index (κ1) is 27.1. The first-order valence-electron chi connectivity index (χ1n) is 11.9. The molecule has 0 fully saturated rings. The maximum atomic E-state index is 12.7. The number of rotatable bonds is 11. The monoisotopic (exact) mass is 475 g/mol. The van der Waals surface area contributed by atoms with E-state index in [4.69, 9.17) is 18.6 Å². The molecular weight excluding hydrogens is 434 g/mol. The molecule has 0 saturated carbocycles. The zero-order valence-corrected chi connectivity index (χ0v) is 22.6. The number of dihydropyridines is 1. The number of esters is 1. The van der Waals surface area contributed by atoms with E-state index in [1.807, 2.05) is 31.3 Å². The fourth-order valence-corrected chi connectivity index (χ4v) is 4.90. The third kappa shape index (κ3) is 7.18. The minimum absolute atomic E-state index is 0.0102. The average Bonchev–Trinajstić information content (AvgIpc) is 2.74. The minimum Gasteiger partial charge on any atom is -0.493 e. The quantitative estimate of drug-likeness (QED) is 0.288. The Labute approximate surface area is 200 Å². The number of hydrogen-bond donors (Lipinski definition) is 0. The number of allylic oxidation sites excluding steroid dienone is 1. The second-order valence-corrected chi connectivity index (χ2v) is 14.8. The van der Waals surface area contributed by atoms with Gasteiger partial charge in [0, 0.05) is 6.21 Å². The Hall–Kier alpha value is -2.12. The smallest absolute Gasteiger partial charge is 0.309 e. The van der Waals surface area contributed by atoms with Gasteiger partial charge in [0.05, 0.1) is 33.3 Å². The highest BCUT2D eigenvalue weighted by molar-refractivity contribution is 6.74. The van der Waals surface area contributed by atoms with Crippen LogP contribution in [0.5, 0.6) is 11.5 Å². The second kappa shape index (κ2) is 11.3. The van der Waals surface area contributed by atoms with Crippen molar-refractivity contribution in [2.45, 2.75) is 77.6 Å². The lowest BCUT2D eigenvalue weighted by Gasteiger charge is -2.44. The van der Waals surface area contributed by atoms with E-state index in [-0.39, 0.29) is 17.4 Å². The Balaban J connectivity index is 2.48. The van der Waals surface area contributed by atoms with Crippen LogP contribution in [0.15, 0.2) is 29.3 Å². The molecule has 7 heteroatoms. The number of benzene rings is 1. The van der Waals surface area contributed by atoms with E-state index >= 15 is 0 Å². The van der Waals surface area contributed by atoms with Crippen LogP contribution in [0, 0.1) is 0 Å². The predicted molar refractivity (Wildman–Crippen MR) is 137 cm³/mol. The molecule has 0 radical (unpaired) electrons. The van der Waals surface area contributed by atoms with Crippen molar-refractivity contribution in [3.8, 4) is 11.5 Å². The fraction of sp³-hybridized carbons (Fsp3) is 0.615. The van der Waals surface area contributed by atoms with Gasteiger partial charge in [-0.15, -0.1) is 0 Å². The molecule has 0 aromatic heterocycles. The van der Waals surface area contributed by atoms with Gasteiger partial charge in [0.15, 0.2) is 19.8 Å². The maximum Gasteiger partial charge on any atom is 0.309 e. The number of methoxy groups -OCH3 is 1. The zero-order chi connectivity index (χ0) is 24.7. The number of nitrogens with zero attached hydrogens (tertiary/aromatic N) is 1. The molecule has 1 aliphatic heterocycles. The van der Waals surface area contributed by atoms with Crippen molar-refractivity contribution in [1.29, 1.82) is 0 Å². The van der Waals surface area contributed by atoms with E-state index in [0.29, 0.717) is 31.3 Å². The summed E-state index contributed by atoms with van der Waals surface area (Å²) in [6, 6.07) is 5.84. The van der Waals surface area contributed by atoms with Gasteiger partial charge in [0.25, 0.3) is 0 Å². The van der Waals surface area contributed by atoms with Gasteiger partial charge >= 0.3 is 5.97 Å². The molecule has 0 aliphatic carbocycles. The standard InChI is InChI=1S/C26H41NO5Si/c1-9-13-30-23-15-20(11-12-22(23)29-6)21-16-26(19-27-18-21,17-24(28)31-14-10-2)32-33(7,8)25(3,4)5/h11-12,15-16,18H,9-10,13-14,17,19H2,1-8H3/t26-/m1/s1. The van der Waals surface area contributed by atoms with Crippen LogP contribution in [0.4, 0.5) is 0 Å². The van der Waals surface area contributed by atoms with E-state index in [1.165, 1.54) is 0 Å². The fourth-order valence-electron chi connectivity index (χ4n) is 3.38. The van der Waals surface area contributed by atoms with Gasteiger partial charge in [-0.2, -0.15) is 0 Å². The molecule has 1 atom stereocenters. The van der Waals surface area contributed by atoms with E-state index < -0.39 is 13.9 Å². The highest BCUT2D eigenvalue weighted by Crippen LogP contribution is 2.42. The van der Waals surface area contributed by atoms with Crippen molar-refractivity contribution >= 4 is 26.1 Å². The molecule has 0 saturated heterocycles. The van der Waals surface area contributed by atoms with Gasteiger partial charge < -0.3 is 18.6 Å². The van der Waals surface area contributed by atoms with Gasteiger partial charge in [0.2, 0.25) is 0 Å². The van der Waals surface area contributed by atoms with Crippen molar-refractivity contribution in [1.82, 2.24) is 0 Å². The van der Waals surface area contributed by atoms with Crippen LogP contribution in [0.1, 0.15) is 59.4 Å². The van der Waals surface area contributed by atoms with Crippen molar-refractivity contribution in [3.63, 3.8) is 0 Å². The molecule has 0 spiro atoms. The number of carbonyl (C=O) groups is 1. The molecule has 0 N–H and O–H groups in total. The topological polar surface area (TPSA) is 66.4 Å². The zero-order valence-electron chi connectivity index (χ0n) is 21.6. The van der Waals surface area contributed by atoms with Crippen LogP contribution < -0.4 is 9.47 Å². The lowest BCUT2D eigenvalue weighted by atomic mass is 9.91. The summed E-state index contributed by atoms with van der Waals surface area (Å²) in [4.78, 5) is 17.4. The number of ether oxygens (including phenoxy) is 3. The predicted octanol–water partition coefficient (Wildman–Crippen LogP) is 6.06. The van der Waals surface area contributed by atoms with Crippen LogP contribution in [0.3, 0.4) is 0 Å². The third-order valence-electron chi connectivity index (χ3n) is 6.14. The Morgan fingerprint density at radius 3 is 2.42 bits per heavy atom. The highest BCUT2D eigenvalue weighted by atomic mass is 28.4. The summed E-state index contributed by atoms with van der Waals surface area (Å²) in [5, 5.41) is -0.0102. The van der Waals surface area contributed by atoms with Crippen molar-refractivity contribution in [2.24, 2.45) is 4.99 Å². The van der Waals surface area contributed by atoms with E-state index in [0.717, 1.165) is 24.0 Å². The number of aliphatic imine (C=N–C) groups is 1. The molecule has 0 unspecified atom stereocenters. The van der Waals surface area contributed by atoms with Gasteiger partial charge in [-0.05, 0) is 60.3 Å². The Morgan fingerprint density at radius 1 is 1.12 bits per heavy atom. The summed E-state index contributed by atoms with van der Waals surface area (Å²) in [6.45, 7) is 16.4. The van der Waals surface area contributed by atoms with Crippen LogP contribution >= 0.6 is 0 Å². The van der Waals surface area contributed by atoms with Gasteiger partial charge in [-0.25, -0.2) is 0 Å². The van der Waals surface area contributed by atoms with E-state index in [9.17, 15) is 4.79 Å². The molecule has 6 nitrogen and oxygen atoms in total. The second-order valence-electron chi connectivity index (χ2n) is 10.1. The normalized spacial score (nSPS) is 18.6. The molecule has 33 heavy (non-hydrogen) atoms. The summed E-state index contributed by atoms with van der Waals surface area (Å²) in [5.74, 6) is 1.12. The van der Waals surface area contributed by atoms with Gasteiger partial charge in [-0.3, -0.25) is 9.79 Å². The molecule has 184 valence electrons. The van der Waals surface area contributed by atoms with Crippen LogP contribution in [-0.2, 0) is 14.0 Å². The molecule has 0 bridgehead atoms. The molecule has 2 rings (SSSR count). The summed E-state index contributed by atoms with van der Waals surface area (Å²) >= 11 is 0. The molecule has 1 aromatic carbocycles. The molecule has 1 aliphatic rings. The SMILES string of the molecule is CCCOC(=O)C[C@]1(O[Si](C)(C)C(C)(C)C)C=C(c2ccc(OC)c(OCCC)c2)C=NC1. The molecule has 1 aromatic rings. The van der Waals surface area contributed by atoms with Crippen molar-refractivity contribution in [3.05, 3.63) is 29.8 Å². The lowest BCUT2D eigenvalue weighted by molar-refractivity contribution is -0.147. The van der Waals surface area contributed by atoms with Crippen LogP contribution in [0.25, 0.3) is 5.57 Å². The minimum atomic E-state index is -2.21. The first-order chi connectivity index (χ1) is 15.5. The number of hydrogen-bond acceptors (Lipinski definition) is 6. The summed E-state index contributed by atoms with van der Waals surface area (Å²) in [6.07, 6.45) is 5.72. The Morgan fingerprint density at radius 2 is 1.82 bits per heavy atom. The van der Waals surface area contributed by atoms with Crippen LogP contribution in [0.2, 0.25) is 18.1 Å². The lowest BCUT2D eigenvalue weighted by Crippen LogP contribution is -2.52. The van der Waals surface area contributed by atoms with E-state index in [1.54, 1.807) is 7.11 Å². The maximum absolute atomic E-state index is 12.7. The van der Waals surface area contributed by atoms with E-state index in [2.05, 4.69) is 51.9 Å². The van der Waals surface area contributed by atoms with Crippen LogP contribution in [-0.4, -0.2) is 53.0 Å². The summed E-state index contributed by atoms with van der Waals surface area (Å²) in [7, 11) is -0.573. The first-order valence-corrected chi connectivity index (χ1v) is 14.8. The van der Waals surface area contributed by atoms with Crippen molar-refractivity contribution in [2.75, 3.05) is 26.9 Å². The summed E-state index contributed by atoms with van der Waals surface area (Å²) < 4.78 is 23.7. The summed E-state index contributed by atoms with van der Waals surface area (Å²) in [5.41, 5.74) is 0.991.